The Labute approximate surface area is 95.1 Å². The third-order valence-corrected chi connectivity index (χ3v) is 3.18. The van der Waals surface area contributed by atoms with Crippen LogP contribution in [-0.4, -0.2) is 10.7 Å². The minimum Gasteiger partial charge on any atom is -0.389 e. The van der Waals surface area contributed by atoms with Gasteiger partial charge in [0.05, 0.1) is 5.60 Å². The highest BCUT2D eigenvalue weighted by Crippen LogP contribution is 2.33. The SMILES string of the molecule is CC(C)(C)C(C)(O)Cc1cccc(F)c1F. The molecule has 0 radical (unpaired) electrons. The molecule has 0 spiro atoms. The Balaban J connectivity index is 3.02. The molecule has 0 aliphatic carbocycles. The van der Waals surface area contributed by atoms with Crippen LogP contribution in [0.2, 0.25) is 0 Å². The summed E-state index contributed by atoms with van der Waals surface area (Å²) in [6.45, 7) is 7.23. The van der Waals surface area contributed by atoms with Crippen LogP contribution in [0.15, 0.2) is 18.2 Å². The summed E-state index contributed by atoms with van der Waals surface area (Å²) in [5.41, 5.74) is -1.27. The molecule has 0 fully saturated rings. The lowest BCUT2D eigenvalue weighted by Gasteiger charge is -2.37. The van der Waals surface area contributed by atoms with Crippen LogP contribution in [0.4, 0.5) is 8.78 Å². The molecule has 3 heteroatoms. The summed E-state index contributed by atoms with van der Waals surface area (Å²) in [7, 11) is 0. The van der Waals surface area contributed by atoms with E-state index in [1.54, 1.807) is 6.92 Å². The summed E-state index contributed by atoms with van der Waals surface area (Å²) >= 11 is 0. The topological polar surface area (TPSA) is 20.2 Å². The number of hydrogen-bond donors (Lipinski definition) is 1. The summed E-state index contributed by atoms with van der Waals surface area (Å²) in [4.78, 5) is 0. The fourth-order valence-electron chi connectivity index (χ4n) is 1.32. The largest absolute Gasteiger partial charge is 0.389 e. The van der Waals surface area contributed by atoms with Gasteiger partial charge in [-0.15, -0.1) is 0 Å². The predicted octanol–water partition coefficient (Wildman–Crippen LogP) is 3.30. The Bertz CT molecular complexity index is 378. The maximum absolute atomic E-state index is 13.4. The summed E-state index contributed by atoms with van der Waals surface area (Å²) < 4.78 is 26.4. The van der Waals surface area contributed by atoms with Crippen molar-refractivity contribution in [1.29, 1.82) is 0 Å². The first-order chi connectivity index (χ1) is 7.15. The van der Waals surface area contributed by atoms with Gasteiger partial charge in [0.25, 0.3) is 0 Å². The van der Waals surface area contributed by atoms with E-state index >= 15 is 0 Å². The lowest BCUT2D eigenvalue weighted by Crippen LogP contribution is -2.42. The summed E-state index contributed by atoms with van der Waals surface area (Å²) in [6, 6.07) is 4.02. The van der Waals surface area contributed by atoms with Crippen LogP contribution in [0.5, 0.6) is 0 Å². The van der Waals surface area contributed by atoms with Gasteiger partial charge in [-0.05, 0) is 24.0 Å². The van der Waals surface area contributed by atoms with Crippen LogP contribution in [0.3, 0.4) is 0 Å². The Kier molecular flexibility index (Phi) is 3.38. The second-order valence-electron chi connectivity index (χ2n) is 5.41. The van der Waals surface area contributed by atoms with E-state index in [0.29, 0.717) is 0 Å². The average molecular weight is 228 g/mol. The van der Waals surface area contributed by atoms with Gasteiger partial charge in [-0.1, -0.05) is 32.9 Å². The first-order valence-electron chi connectivity index (χ1n) is 5.30. The molecule has 1 rings (SSSR count). The van der Waals surface area contributed by atoms with Crippen molar-refractivity contribution in [1.82, 2.24) is 0 Å². The lowest BCUT2D eigenvalue weighted by molar-refractivity contribution is -0.0412. The summed E-state index contributed by atoms with van der Waals surface area (Å²) in [6.07, 6.45) is 0.0973. The van der Waals surface area contributed by atoms with Gasteiger partial charge in [0.15, 0.2) is 11.6 Å². The van der Waals surface area contributed by atoms with E-state index in [9.17, 15) is 13.9 Å². The highest BCUT2D eigenvalue weighted by Gasteiger charge is 2.36. The highest BCUT2D eigenvalue weighted by atomic mass is 19.2. The minimum absolute atomic E-state index is 0.0973. The van der Waals surface area contributed by atoms with Gasteiger partial charge in [0.1, 0.15) is 0 Å². The molecule has 16 heavy (non-hydrogen) atoms. The number of halogens is 2. The zero-order valence-electron chi connectivity index (χ0n) is 10.1. The van der Waals surface area contributed by atoms with Crippen molar-refractivity contribution in [3.05, 3.63) is 35.4 Å². The molecule has 1 unspecified atom stereocenters. The van der Waals surface area contributed by atoms with Crippen LogP contribution < -0.4 is 0 Å². The normalized spacial score (nSPS) is 15.9. The molecule has 1 N–H and O–H groups in total. The molecule has 0 heterocycles. The minimum atomic E-state index is -1.08. The molecular weight excluding hydrogens is 210 g/mol. The van der Waals surface area contributed by atoms with Gasteiger partial charge >= 0.3 is 0 Å². The van der Waals surface area contributed by atoms with E-state index in [1.807, 2.05) is 20.8 Å². The number of benzene rings is 1. The second-order valence-corrected chi connectivity index (χ2v) is 5.41. The molecule has 0 bridgehead atoms. The third-order valence-electron chi connectivity index (χ3n) is 3.18. The third kappa shape index (κ3) is 2.59. The summed E-state index contributed by atoms with van der Waals surface area (Å²) in [5.74, 6) is -1.74. The van der Waals surface area contributed by atoms with Crippen molar-refractivity contribution in [2.45, 2.75) is 39.7 Å². The molecule has 0 amide bonds. The first kappa shape index (κ1) is 13.1. The Morgan fingerprint density at radius 3 is 2.19 bits per heavy atom. The summed E-state index contributed by atoms with van der Waals surface area (Å²) in [5, 5.41) is 10.2. The zero-order valence-corrected chi connectivity index (χ0v) is 10.1. The molecule has 1 aromatic carbocycles. The molecular formula is C13H18F2O. The highest BCUT2D eigenvalue weighted by molar-refractivity contribution is 5.21. The monoisotopic (exact) mass is 228 g/mol. The van der Waals surface area contributed by atoms with E-state index in [4.69, 9.17) is 0 Å². The molecule has 0 aliphatic rings. The van der Waals surface area contributed by atoms with Crippen LogP contribution >= 0.6 is 0 Å². The van der Waals surface area contributed by atoms with Crippen molar-refractivity contribution in [2.75, 3.05) is 0 Å². The Morgan fingerprint density at radius 1 is 1.12 bits per heavy atom. The van der Waals surface area contributed by atoms with Crippen molar-refractivity contribution in [3.8, 4) is 0 Å². The van der Waals surface area contributed by atoms with E-state index in [0.717, 1.165) is 6.07 Å². The van der Waals surface area contributed by atoms with Crippen molar-refractivity contribution < 1.29 is 13.9 Å². The van der Waals surface area contributed by atoms with Crippen LogP contribution in [0, 0.1) is 17.0 Å². The Morgan fingerprint density at radius 2 is 1.69 bits per heavy atom. The predicted molar refractivity (Wildman–Crippen MR) is 60.1 cm³/mol. The van der Waals surface area contributed by atoms with Crippen molar-refractivity contribution in [2.24, 2.45) is 5.41 Å². The van der Waals surface area contributed by atoms with Gasteiger partial charge in [-0.25, -0.2) is 8.78 Å². The van der Waals surface area contributed by atoms with E-state index in [-0.39, 0.29) is 12.0 Å². The fourth-order valence-corrected chi connectivity index (χ4v) is 1.32. The second kappa shape index (κ2) is 4.13. The maximum atomic E-state index is 13.4. The van der Waals surface area contributed by atoms with Gasteiger partial charge in [-0.3, -0.25) is 0 Å². The average Bonchev–Trinajstić information content (AvgIpc) is 2.11. The molecule has 1 aromatic rings. The smallest absolute Gasteiger partial charge is 0.162 e. The Hall–Kier alpha value is -0.960. The van der Waals surface area contributed by atoms with Gasteiger partial charge < -0.3 is 5.11 Å². The number of aliphatic hydroxyl groups is 1. The molecule has 0 aliphatic heterocycles. The molecule has 0 aromatic heterocycles. The van der Waals surface area contributed by atoms with Gasteiger partial charge in [0, 0.05) is 6.42 Å². The van der Waals surface area contributed by atoms with Crippen LogP contribution in [0.25, 0.3) is 0 Å². The molecule has 1 nitrogen and oxygen atoms in total. The maximum Gasteiger partial charge on any atom is 0.162 e. The van der Waals surface area contributed by atoms with Crippen molar-refractivity contribution >= 4 is 0 Å². The van der Waals surface area contributed by atoms with E-state index in [2.05, 4.69) is 0 Å². The van der Waals surface area contributed by atoms with E-state index < -0.39 is 22.7 Å². The van der Waals surface area contributed by atoms with Crippen LogP contribution in [-0.2, 0) is 6.42 Å². The standard InChI is InChI=1S/C13H18F2O/c1-12(2,3)13(4,16)8-9-6-5-7-10(14)11(9)15/h5-7,16H,8H2,1-4H3. The first-order valence-corrected chi connectivity index (χ1v) is 5.30. The van der Waals surface area contributed by atoms with Crippen molar-refractivity contribution in [3.63, 3.8) is 0 Å². The van der Waals surface area contributed by atoms with Gasteiger partial charge in [0.2, 0.25) is 0 Å². The quantitative estimate of drug-likeness (QED) is 0.823. The van der Waals surface area contributed by atoms with E-state index in [1.165, 1.54) is 12.1 Å². The van der Waals surface area contributed by atoms with Crippen LogP contribution in [0.1, 0.15) is 33.3 Å². The number of rotatable bonds is 2. The molecule has 1 atom stereocenters. The molecule has 90 valence electrons. The molecule has 0 saturated carbocycles. The fraction of sp³-hybridized carbons (Fsp3) is 0.538. The zero-order chi connectivity index (χ0) is 12.6. The lowest BCUT2D eigenvalue weighted by atomic mass is 9.74. The molecule has 0 saturated heterocycles. The van der Waals surface area contributed by atoms with Gasteiger partial charge in [-0.2, -0.15) is 0 Å². The number of hydrogen-bond acceptors (Lipinski definition) is 1.